The van der Waals surface area contributed by atoms with E-state index in [-0.39, 0.29) is 12.5 Å². The molecule has 0 aliphatic rings. The molecular formula is C20H32N2O4. The van der Waals surface area contributed by atoms with Gasteiger partial charge in [0.25, 0.3) is 0 Å². The van der Waals surface area contributed by atoms with Crippen LogP contribution in [0.5, 0.6) is 0 Å². The lowest BCUT2D eigenvalue weighted by atomic mass is 10.0. The minimum absolute atomic E-state index is 0.0845. The molecule has 0 aliphatic carbocycles. The highest BCUT2D eigenvalue weighted by atomic mass is 16.5. The molecule has 6 nitrogen and oxygen atoms in total. The number of aliphatic hydroxyl groups is 1. The highest BCUT2D eigenvalue weighted by Crippen LogP contribution is 2.10. The summed E-state index contributed by atoms with van der Waals surface area (Å²) < 4.78 is 5.19. The Kier molecular flexibility index (Phi) is 10.6. The van der Waals surface area contributed by atoms with E-state index < -0.39 is 24.2 Å². The molecule has 26 heavy (non-hydrogen) atoms. The topological polar surface area (TPSA) is 102 Å². The number of hydrogen-bond acceptors (Lipinski definition) is 5. The Bertz CT molecular complexity index is 536. The van der Waals surface area contributed by atoms with E-state index in [1.165, 1.54) is 0 Å². The van der Waals surface area contributed by atoms with Gasteiger partial charge in [-0.05, 0) is 18.4 Å². The fraction of sp³-hybridized carbons (Fsp3) is 0.600. The van der Waals surface area contributed by atoms with Gasteiger partial charge in [-0.15, -0.1) is 0 Å². The van der Waals surface area contributed by atoms with E-state index in [0.717, 1.165) is 31.2 Å². The molecule has 0 saturated carbocycles. The van der Waals surface area contributed by atoms with Crippen LogP contribution in [0.3, 0.4) is 0 Å². The molecule has 3 atom stereocenters. The molecular weight excluding hydrogens is 332 g/mol. The van der Waals surface area contributed by atoms with Gasteiger partial charge < -0.3 is 20.9 Å². The van der Waals surface area contributed by atoms with Crippen LogP contribution < -0.4 is 11.1 Å². The molecule has 0 bridgehead atoms. The molecule has 146 valence electrons. The Balaban J connectivity index is 2.61. The number of nitrogens with two attached hydrogens (primary N) is 1. The first-order chi connectivity index (χ1) is 12.5. The third-order valence-electron chi connectivity index (χ3n) is 4.25. The van der Waals surface area contributed by atoms with E-state index in [4.69, 9.17) is 10.5 Å². The fourth-order valence-corrected chi connectivity index (χ4v) is 2.56. The van der Waals surface area contributed by atoms with E-state index in [9.17, 15) is 14.7 Å². The van der Waals surface area contributed by atoms with Gasteiger partial charge in [-0.3, -0.25) is 4.79 Å². The average molecular weight is 364 g/mol. The van der Waals surface area contributed by atoms with Gasteiger partial charge in [0, 0.05) is 0 Å². The van der Waals surface area contributed by atoms with Crippen LogP contribution in [0, 0.1) is 0 Å². The maximum atomic E-state index is 12.2. The summed E-state index contributed by atoms with van der Waals surface area (Å²) in [5, 5.41) is 13.1. The lowest BCUT2D eigenvalue weighted by Gasteiger charge is -2.24. The van der Waals surface area contributed by atoms with E-state index in [0.29, 0.717) is 12.8 Å². The largest absolute Gasteiger partial charge is 0.459 e. The monoisotopic (exact) mass is 364 g/mol. The second-order valence-electron chi connectivity index (χ2n) is 6.54. The summed E-state index contributed by atoms with van der Waals surface area (Å²) in [6.45, 7) is 4.12. The van der Waals surface area contributed by atoms with Crippen molar-refractivity contribution in [1.29, 1.82) is 0 Å². The van der Waals surface area contributed by atoms with Crippen molar-refractivity contribution in [3.05, 3.63) is 35.9 Å². The maximum Gasteiger partial charge on any atom is 0.337 e. The lowest BCUT2D eigenvalue weighted by molar-refractivity contribution is -0.157. The fourth-order valence-electron chi connectivity index (χ4n) is 2.56. The molecule has 0 heterocycles. The minimum atomic E-state index is -1.41. The number of nitrogens with one attached hydrogen (secondary N) is 1. The first kappa shape index (κ1) is 22.1. The molecule has 0 aromatic heterocycles. The summed E-state index contributed by atoms with van der Waals surface area (Å²) in [5.74, 6) is -1.08. The maximum absolute atomic E-state index is 12.2. The van der Waals surface area contributed by atoms with Crippen molar-refractivity contribution < 1.29 is 19.4 Å². The number of esters is 1. The number of amides is 1. The van der Waals surface area contributed by atoms with Gasteiger partial charge in [-0.2, -0.15) is 0 Å². The molecule has 0 radical (unpaired) electrons. The number of carbonyl (C=O) groups is 2. The number of rotatable bonds is 12. The molecule has 1 aromatic carbocycles. The van der Waals surface area contributed by atoms with Crippen molar-refractivity contribution in [1.82, 2.24) is 5.32 Å². The number of aliphatic hydroxyl groups excluding tert-OH is 1. The SMILES string of the molecule is CCCC[C@H](NC(=O)[C@@H](N)CCCC)C(O)C(=O)OCc1ccccc1. The Labute approximate surface area is 156 Å². The molecule has 0 fully saturated rings. The van der Waals surface area contributed by atoms with Gasteiger partial charge in [0.2, 0.25) is 5.91 Å². The molecule has 0 aliphatic heterocycles. The predicted octanol–water partition coefficient (Wildman–Crippen LogP) is 2.28. The smallest absolute Gasteiger partial charge is 0.337 e. The number of unbranched alkanes of at least 4 members (excludes halogenated alkanes) is 2. The summed E-state index contributed by atoms with van der Waals surface area (Å²) in [6.07, 6.45) is 3.14. The van der Waals surface area contributed by atoms with Crippen molar-refractivity contribution in [2.45, 2.75) is 77.2 Å². The standard InChI is InChI=1S/C20H32N2O4/c1-3-5-12-16(21)19(24)22-17(13-6-4-2)18(23)20(25)26-14-15-10-8-7-9-11-15/h7-11,16-18,23H,3-6,12-14,21H2,1-2H3,(H,22,24)/t16-,17-,18?/m0/s1. The van der Waals surface area contributed by atoms with Crippen molar-refractivity contribution >= 4 is 11.9 Å². The average Bonchev–Trinajstić information content (AvgIpc) is 2.67. The van der Waals surface area contributed by atoms with Crippen LogP contribution in [0.1, 0.15) is 57.9 Å². The molecule has 1 rings (SSSR count). The molecule has 1 amide bonds. The van der Waals surface area contributed by atoms with Gasteiger partial charge in [0.15, 0.2) is 6.10 Å². The zero-order valence-corrected chi connectivity index (χ0v) is 15.8. The lowest BCUT2D eigenvalue weighted by Crippen LogP contribution is -2.52. The zero-order chi connectivity index (χ0) is 19.4. The summed E-state index contributed by atoms with van der Waals surface area (Å²) in [7, 11) is 0. The zero-order valence-electron chi connectivity index (χ0n) is 15.8. The van der Waals surface area contributed by atoms with Crippen molar-refractivity contribution in [3.63, 3.8) is 0 Å². The summed E-state index contributed by atoms with van der Waals surface area (Å²) in [4.78, 5) is 24.4. The van der Waals surface area contributed by atoms with Crippen LogP contribution in [-0.4, -0.2) is 35.2 Å². The van der Waals surface area contributed by atoms with Crippen LogP contribution >= 0.6 is 0 Å². The van der Waals surface area contributed by atoms with E-state index >= 15 is 0 Å². The quantitative estimate of drug-likeness (QED) is 0.494. The second kappa shape index (κ2) is 12.4. The summed E-state index contributed by atoms with van der Waals surface area (Å²) in [6, 6.07) is 7.91. The Morgan fingerprint density at radius 1 is 1.12 bits per heavy atom. The number of benzene rings is 1. The first-order valence-corrected chi connectivity index (χ1v) is 9.44. The third kappa shape index (κ3) is 7.97. The van der Waals surface area contributed by atoms with Crippen LogP contribution in [0.15, 0.2) is 30.3 Å². The van der Waals surface area contributed by atoms with Crippen LogP contribution in [0.4, 0.5) is 0 Å². The van der Waals surface area contributed by atoms with Gasteiger partial charge in [-0.25, -0.2) is 4.79 Å². The Morgan fingerprint density at radius 3 is 2.35 bits per heavy atom. The van der Waals surface area contributed by atoms with Gasteiger partial charge >= 0.3 is 5.97 Å². The summed E-state index contributed by atoms with van der Waals surface area (Å²) >= 11 is 0. The van der Waals surface area contributed by atoms with Crippen molar-refractivity contribution in [2.24, 2.45) is 5.73 Å². The molecule has 6 heteroatoms. The van der Waals surface area contributed by atoms with Crippen LogP contribution in [-0.2, 0) is 20.9 Å². The first-order valence-electron chi connectivity index (χ1n) is 9.44. The normalized spacial score (nSPS) is 14.3. The van der Waals surface area contributed by atoms with E-state index in [1.54, 1.807) is 0 Å². The number of hydrogen-bond donors (Lipinski definition) is 3. The molecule has 4 N–H and O–H groups in total. The third-order valence-corrected chi connectivity index (χ3v) is 4.25. The highest BCUT2D eigenvalue weighted by Gasteiger charge is 2.29. The second-order valence-corrected chi connectivity index (χ2v) is 6.54. The van der Waals surface area contributed by atoms with Gasteiger partial charge in [0.1, 0.15) is 6.61 Å². The van der Waals surface area contributed by atoms with Crippen LogP contribution in [0.25, 0.3) is 0 Å². The van der Waals surface area contributed by atoms with E-state index in [1.807, 2.05) is 44.2 Å². The molecule has 0 spiro atoms. The molecule has 1 aromatic rings. The Hall–Kier alpha value is -1.92. The highest BCUT2D eigenvalue weighted by molar-refractivity contribution is 5.83. The van der Waals surface area contributed by atoms with Crippen molar-refractivity contribution in [2.75, 3.05) is 0 Å². The van der Waals surface area contributed by atoms with Crippen molar-refractivity contribution in [3.8, 4) is 0 Å². The van der Waals surface area contributed by atoms with Gasteiger partial charge in [0.05, 0.1) is 12.1 Å². The number of carbonyl (C=O) groups excluding carboxylic acids is 2. The Morgan fingerprint density at radius 2 is 1.73 bits per heavy atom. The molecule has 0 saturated heterocycles. The number of ether oxygens (including phenoxy) is 1. The van der Waals surface area contributed by atoms with Crippen LogP contribution in [0.2, 0.25) is 0 Å². The minimum Gasteiger partial charge on any atom is -0.459 e. The molecule has 1 unspecified atom stereocenters. The predicted molar refractivity (Wildman–Crippen MR) is 101 cm³/mol. The van der Waals surface area contributed by atoms with E-state index in [2.05, 4.69) is 5.32 Å². The van der Waals surface area contributed by atoms with Gasteiger partial charge in [-0.1, -0.05) is 69.9 Å². The summed E-state index contributed by atoms with van der Waals surface area (Å²) in [5.41, 5.74) is 6.72.